The smallest absolute Gasteiger partial charge is 0.345 e. The molecule has 8 nitrogen and oxygen atoms in total. The van der Waals surface area contributed by atoms with Crippen LogP contribution in [-0.4, -0.2) is 39.3 Å². The average molecular weight is 405 g/mol. The number of H-pyrrole nitrogens is 1. The number of carboxylic acid groups (broad SMARTS) is 1. The summed E-state index contributed by atoms with van der Waals surface area (Å²) in [6.07, 6.45) is 0.397. The second-order valence-electron chi connectivity index (χ2n) is 6.69. The van der Waals surface area contributed by atoms with Crippen molar-refractivity contribution < 1.29 is 15.0 Å². The summed E-state index contributed by atoms with van der Waals surface area (Å²) in [6.45, 7) is 1.23. The van der Waals surface area contributed by atoms with Crippen LogP contribution in [0.25, 0.3) is 22.2 Å². The first-order chi connectivity index (χ1) is 12.9. The van der Waals surface area contributed by atoms with Gasteiger partial charge in [-0.25, -0.2) is 4.79 Å². The van der Waals surface area contributed by atoms with Crippen LogP contribution in [0.3, 0.4) is 0 Å². The molecule has 1 aliphatic rings. The van der Waals surface area contributed by atoms with Crippen molar-refractivity contribution in [2.75, 3.05) is 18.9 Å². The molecule has 3 heterocycles. The minimum atomic E-state index is -1.44. The molecule has 9 heteroatoms. The molecule has 0 atom stereocenters. The Morgan fingerprint density at radius 3 is 2.75 bits per heavy atom. The van der Waals surface area contributed by atoms with Gasteiger partial charge in [0.25, 0.3) is 5.56 Å². The number of aromatic hydroxyl groups is 1. The normalized spacial score (nSPS) is 12.5. The first kappa shape index (κ1) is 19.8. The third kappa shape index (κ3) is 2.90. The number of aromatic amines is 1. The Labute approximate surface area is 166 Å². The van der Waals surface area contributed by atoms with Crippen molar-refractivity contribution in [3.05, 3.63) is 45.4 Å². The molecular formula is C19H21ClN4O4. The number of benzene rings is 1. The maximum Gasteiger partial charge on any atom is 0.345 e. The van der Waals surface area contributed by atoms with Gasteiger partial charge < -0.3 is 30.4 Å². The van der Waals surface area contributed by atoms with Gasteiger partial charge in [-0.3, -0.25) is 4.79 Å². The van der Waals surface area contributed by atoms with Crippen molar-refractivity contribution in [2.24, 2.45) is 7.05 Å². The fourth-order valence-corrected chi connectivity index (χ4v) is 3.77. The van der Waals surface area contributed by atoms with Gasteiger partial charge in [0, 0.05) is 48.0 Å². The number of carbonyl (C=O) groups is 1. The number of fused-ring (bicyclic) bond motifs is 4. The molecule has 0 aliphatic carbocycles. The third-order valence-electron chi connectivity index (χ3n) is 5.10. The van der Waals surface area contributed by atoms with Gasteiger partial charge in [0.2, 0.25) is 0 Å². The predicted octanol–water partition coefficient (Wildman–Crippen LogP) is 2.05. The quantitative estimate of drug-likeness (QED) is 0.456. The zero-order valence-electron chi connectivity index (χ0n) is 15.4. The minimum absolute atomic E-state index is 0. The summed E-state index contributed by atoms with van der Waals surface area (Å²) in [5.41, 5.74) is 3.20. The minimum Gasteiger partial charge on any atom is -0.506 e. The van der Waals surface area contributed by atoms with Crippen LogP contribution in [0.4, 0.5) is 5.69 Å². The molecule has 0 spiro atoms. The second-order valence-corrected chi connectivity index (χ2v) is 6.69. The lowest BCUT2D eigenvalue weighted by Crippen LogP contribution is -2.20. The topological polar surface area (TPSA) is 119 Å². The van der Waals surface area contributed by atoms with Crippen molar-refractivity contribution in [1.82, 2.24) is 14.9 Å². The van der Waals surface area contributed by atoms with Gasteiger partial charge in [-0.05, 0) is 31.7 Å². The number of rotatable bonds is 3. The van der Waals surface area contributed by atoms with E-state index in [0.29, 0.717) is 24.2 Å². The summed E-state index contributed by atoms with van der Waals surface area (Å²) < 4.78 is 2.10. The van der Waals surface area contributed by atoms with E-state index in [9.17, 15) is 19.8 Å². The van der Waals surface area contributed by atoms with Gasteiger partial charge in [0.15, 0.2) is 5.56 Å². The molecule has 148 valence electrons. The van der Waals surface area contributed by atoms with Crippen molar-refractivity contribution in [3.8, 4) is 17.0 Å². The molecule has 0 saturated carbocycles. The summed E-state index contributed by atoms with van der Waals surface area (Å²) >= 11 is 0. The molecule has 0 saturated heterocycles. The van der Waals surface area contributed by atoms with E-state index in [1.54, 1.807) is 0 Å². The van der Waals surface area contributed by atoms with E-state index in [0.717, 1.165) is 34.4 Å². The van der Waals surface area contributed by atoms with Gasteiger partial charge in [-0.1, -0.05) is 0 Å². The Hall–Kier alpha value is -2.97. The highest BCUT2D eigenvalue weighted by Crippen LogP contribution is 2.39. The molecular weight excluding hydrogens is 384 g/mol. The molecule has 0 bridgehead atoms. The number of aromatic nitrogens is 2. The van der Waals surface area contributed by atoms with E-state index in [4.69, 9.17) is 0 Å². The van der Waals surface area contributed by atoms with Crippen LogP contribution in [0.1, 0.15) is 21.6 Å². The number of aromatic carboxylic acids is 1. The van der Waals surface area contributed by atoms with Crippen molar-refractivity contribution in [3.63, 3.8) is 0 Å². The number of anilines is 1. The van der Waals surface area contributed by atoms with E-state index in [-0.39, 0.29) is 12.4 Å². The van der Waals surface area contributed by atoms with Gasteiger partial charge in [-0.15, -0.1) is 12.4 Å². The Morgan fingerprint density at radius 2 is 2.07 bits per heavy atom. The number of nitrogens with one attached hydrogen (secondary N) is 3. The van der Waals surface area contributed by atoms with Gasteiger partial charge >= 0.3 is 5.97 Å². The van der Waals surface area contributed by atoms with Crippen LogP contribution < -0.4 is 16.2 Å². The van der Waals surface area contributed by atoms with Crippen molar-refractivity contribution >= 4 is 35.0 Å². The lowest BCUT2D eigenvalue weighted by Gasteiger charge is -2.12. The highest BCUT2D eigenvalue weighted by molar-refractivity contribution is 5.96. The molecule has 0 amide bonds. The lowest BCUT2D eigenvalue weighted by molar-refractivity contribution is 0.0691. The predicted molar refractivity (Wildman–Crippen MR) is 110 cm³/mol. The van der Waals surface area contributed by atoms with E-state index in [1.807, 2.05) is 26.2 Å². The molecule has 0 fully saturated rings. The average Bonchev–Trinajstić information content (AvgIpc) is 2.80. The van der Waals surface area contributed by atoms with Crippen LogP contribution in [0.2, 0.25) is 0 Å². The van der Waals surface area contributed by atoms with Crippen LogP contribution in [0.5, 0.6) is 5.75 Å². The third-order valence-corrected chi connectivity index (χ3v) is 5.10. The zero-order valence-corrected chi connectivity index (χ0v) is 16.2. The van der Waals surface area contributed by atoms with E-state index >= 15 is 0 Å². The largest absolute Gasteiger partial charge is 0.506 e. The second kappa shape index (κ2) is 7.21. The maximum absolute atomic E-state index is 12.3. The van der Waals surface area contributed by atoms with Crippen molar-refractivity contribution in [1.29, 1.82) is 0 Å². The summed E-state index contributed by atoms with van der Waals surface area (Å²) in [4.78, 5) is 26.3. The highest BCUT2D eigenvalue weighted by atomic mass is 35.5. The standard InChI is InChI=1S/C19H20N4O4.ClH/c1-20-8-10-5-9-6-12-13(7-14(9)23(10)2)21-4-3-11-16(12)22-18(25)15(17(11)24)19(26)27;/h5-7,20-21H,3-4,8H2,1-2H3,(H,26,27)(H2,22,24,25);1H. The van der Waals surface area contributed by atoms with Crippen LogP contribution in [0.15, 0.2) is 23.0 Å². The van der Waals surface area contributed by atoms with E-state index in [2.05, 4.69) is 26.3 Å². The number of carboxylic acids is 1. The molecule has 1 aromatic carbocycles. The number of halogens is 1. The van der Waals surface area contributed by atoms with Gasteiger partial charge in [0.05, 0.1) is 11.2 Å². The summed E-state index contributed by atoms with van der Waals surface area (Å²) in [6, 6.07) is 6.04. The molecule has 0 radical (unpaired) electrons. The Morgan fingerprint density at radius 1 is 1.32 bits per heavy atom. The van der Waals surface area contributed by atoms with E-state index < -0.39 is 22.8 Å². The Bertz CT molecular complexity index is 1150. The fourth-order valence-electron chi connectivity index (χ4n) is 3.77. The number of hydrogen-bond donors (Lipinski definition) is 5. The molecule has 4 rings (SSSR count). The van der Waals surface area contributed by atoms with Crippen LogP contribution >= 0.6 is 12.4 Å². The SMILES string of the molecule is CNCc1cc2cc3c(cc2n1C)NCCc1c-3[nH]c(=O)c(C(=O)O)c1O.Cl. The van der Waals surface area contributed by atoms with Gasteiger partial charge in [-0.2, -0.15) is 0 Å². The number of pyridine rings is 1. The number of aryl methyl sites for hydroxylation is 1. The summed E-state index contributed by atoms with van der Waals surface area (Å²) in [5, 5.41) is 27.1. The maximum atomic E-state index is 12.3. The van der Waals surface area contributed by atoms with Crippen LogP contribution in [0, 0.1) is 0 Å². The zero-order chi connectivity index (χ0) is 19.3. The molecule has 2 aromatic heterocycles. The lowest BCUT2D eigenvalue weighted by atomic mass is 9.99. The molecule has 28 heavy (non-hydrogen) atoms. The highest BCUT2D eigenvalue weighted by Gasteiger charge is 2.26. The first-order valence-electron chi connectivity index (χ1n) is 8.65. The molecule has 5 N–H and O–H groups in total. The monoisotopic (exact) mass is 404 g/mol. The summed E-state index contributed by atoms with van der Waals surface area (Å²) in [7, 11) is 3.89. The van der Waals surface area contributed by atoms with E-state index in [1.165, 1.54) is 0 Å². The van der Waals surface area contributed by atoms with Crippen molar-refractivity contribution in [2.45, 2.75) is 13.0 Å². The molecule has 3 aromatic rings. The fraction of sp³-hybridized carbons (Fsp3) is 0.263. The molecule has 1 aliphatic heterocycles. The number of hydrogen-bond acceptors (Lipinski definition) is 5. The van der Waals surface area contributed by atoms with Crippen LogP contribution in [-0.2, 0) is 20.0 Å². The first-order valence-corrected chi connectivity index (χ1v) is 8.65. The molecule has 0 unspecified atom stereocenters. The Kier molecular flexibility index (Phi) is 5.10. The number of nitrogens with zero attached hydrogens (tertiary/aromatic N) is 1. The van der Waals surface area contributed by atoms with Gasteiger partial charge in [0.1, 0.15) is 5.75 Å². The Balaban J connectivity index is 0.00000225. The summed E-state index contributed by atoms with van der Waals surface area (Å²) in [5.74, 6) is -1.90.